The maximum absolute atomic E-state index is 13.3. The molecule has 164 valence electrons. The van der Waals surface area contributed by atoms with E-state index < -0.39 is 0 Å². The molecule has 31 heavy (non-hydrogen) atoms. The first-order valence-electron chi connectivity index (χ1n) is 11.4. The summed E-state index contributed by atoms with van der Waals surface area (Å²) in [6.07, 6.45) is 4.60. The fourth-order valence-corrected chi connectivity index (χ4v) is 5.22. The molecule has 1 aromatic carbocycles. The predicted octanol–water partition coefficient (Wildman–Crippen LogP) is 1.41. The van der Waals surface area contributed by atoms with Crippen molar-refractivity contribution in [3.05, 3.63) is 51.6 Å². The van der Waals surface area contributed by atoms with Crippen LogP contribution in [0.25, 0.3) is 10.9 Å². The third kappa shape index (κ3) is 4.14. The van der Waals surface area contributed by atoms with Crippen molar-refractivity contribution in [1.82, 2.24) is 25.2 Å². The number of tetrazole rings is 1. The van der Waals surface area contributed by atoms with Gasteiger partial charge in [-0.2, -0.15) is 0 Å². The monoisotopic (exact) mass is 423 g/mol. The molecule has 0 aliphatic carbocycles. The lowest BCUT2D eigenvalue weighted by molar-refractivity contribution is -0.934. The number of aryl methyl sites for hydroxylation is 1. The number of nitrogens with one attached hydrogen (secondary N) is 2. The second-order valence-electron chi connectivity index (χ2n) is 9.29. The number of likely N-dealkylation sites (tertiary alicyclic amines) is 1. The van der Waals surface area contributed by atoms with Gasteiger partial charge in [-0.25, -0.2) is 4.68 Å². The predicted molar refractivity (Wildman–Crippen MR) is 117 cm³/mol. The standard InChI is InChI=1S/C23H30N6O2/c1-15-7-8-20-17(11-15)12-19(23(30)24-20)21(28-9-3-5-16(2)13-28)22-25-26-27-29(22)14-18-6-4-10-31-18/h7-8,11-12,16,18,21H,3-6,9-10,13-14H2,1-2H3,(H,24,30)/p+1/t16-,18-,21+/m0/s1. The number of hydrogen-bond donors (Lipinski definition) is 2. The van der Waals surface area contributed by atoms with Crippen LogP contribution in [0.4, 0.5) is 0 Å². The molecule has 0 spiro atoms. The Labute approximate surface area is 181 Å². The van der Waals surface area contributed by atoms with Crippen LogP contribution in [0, 0.1) is 12.8 Å². The fraction of sp³-hybridized carbons (Fsp3) is 0.565. The third-order valence-corrected chi connectivity index (χ3v) is 6.77. The molecule has 2 aliphatic heterocycles. The van der Waals surface area contributed by atoms with Crippen LogP contribution in [-0.2, 0) is 11.3 Å². The largest absolute Gasteiger partial charge is 0.376 e. The van der Waals surface area contributed by atoms with Crippen molar-refractivity contribution < 1.29 is 9.64 Å². The molecule has 2 fully saturated rings. The Kier molecular flexibility index (Phi) is 5.58. The van der Waals surface area contributed by atoms with Crippen molar-refractivity contribution in [2.24, 2.45) is 5.92 Å². The van der Waals surface area contributed by atoms with E-state index in [0.29, 0.717) is 12.5 Å². The third-order valence-electron chi connectivity index (χ3n) is 6.77. The normalized spacial score (nSPS) is 25.2. The molecule has 4 atom stereocenters. The lowest BCUT2D eigenvalue weighted by Gasteiger charge is -2.33. The highest BCUT2D eigenvalue weighted by Crippen LogP contribution is 2.22. The molecule has 2 saturated heterocycles. The molecule has 5 rings (SSSR count). The Bertz CT molecular complexity index is 1120. The van der Waals surface area contributed by atoms with E-state index in [1.165, 1.54) is 16.9 Å². The first-order valence-corrected chi connectivity index (χ1v) is 11.4. The van der Waals surface area contributed by atoms with Crippen molar-refractivity contribution in [3.8, 4) is 0 Å². The second kappa shape index (κ2) is 8.51. The van der Waals surface area contributed by atoms with Crippen molar-refractivity contribution >= 4 is 10.9 Å². The summed E-state index contributed by atoms with van der Waals surface area (Å²) < 4.78 is 7.70. The highest BCUT2D eigenvalue weighted by molar-refractivity contribution is 5.79. The number of pyridine rings is 1. The molecule has 1 unspecified atom stereocenters. The summed E-state index contributed by atoms with van der Waals surface area (Å²) in [6.45, 7) is 7.80. The van der Waals surface area contributed by atoms with Crippen LogP contribution in [0.3, 0.4) is 0 Å². The minimum absolute atomic E-state index is 0.0567. The Morgan fingerprint density at radius 3 is 3.00 bits per heavy atom. The summed E-state index contributed by atoms with van der Waals surface area (Å²) in [5, 5.41) is 13.8. The van der Waals surface area contributed by atoms with E-state index in [2.05, 4.69) is 40.4 Å². The molecule has 2 N–H and O–H groups in total. The molecular formula is C23H31N6O2+. The van der Waals surface area contributed by atoms with E-state index in [9.17, 15) is 4.79 Å². The zero-order valence-corrected chi connectivity index (χ0v) is 18.3. The maximum Gasteiger partial charge on any atom is 0.258 e. The topological polar surface area (TPSA) is 90.1 Å². The number of hydrogen-bond acceptors (Lipinski definition) is 5. The van der Waals surface area contributed by atoms with Gasteiger partial charge in [0.1, 0.15) is 0 Å². The maximum atomic E-state index is 13.3. The quantitative estimate of drug-likeness (QED) is 0.648. The number of fused-ring (bicyclic) bond motifs is 1. The molecule has 3 aromatic rings. The van der Waals surface area contributed by atoms with Crippen molar-refractivity contribution in [1.29, 1.82) is 0 Å². The van der Waals surface area contributed by atoms with E-state index in [1.54, 1.807) is 0 Å². The average Bonchev–Trinajstić information content (AvgIpc) is 3.42. The molecule has 4 heterocycles. The molecule has 2 aliphatic rings. The lowest BCUT2D eigenvalue weighted by Crippen LogP contribution is -3.14. The van der Waals surface area contributed by atoms with E-state index >= 15 is 0 Å². The second-order valence-corrected chi connectivity index (χ2v) is 9.29. The average molecular weight is 424 g/mol. The van der Waals surface area contributed by atoms with Gasteiger partial charge < -0.3 is 14.6 Å². The van der Waals surface area contributed by atoms with Crippen LogP contribution in [-0.4, -0.2) is 51.0 Å². The van der Waals surface area contributed by atoms with Gasteiger partial charge in [-0.3, -0.25) is 4.79 Å². The first kappa shape index (κ1) is 20.3. The number of benzene rings is 1. The van der Waals surface area contributed by atoms with Crippen LogP contribution in [0.1, 0.15) is 55.6 Å². The van der Waals surface area contributed by atoms with Gasteiger partial charge in [0, 0.05) is 18.0 Å². The van der Waals surface area contributed by atoms with E-state index in [0.717, 1.165) is 61.2 Å². The number of aromatic nitrogens is 5. The molecule has 8 heteroatoms. The zero-order valence-electron chi connectivity index (χ0n) is 18.3. The Hall–Kier alpha value is -2.58. The summed E-state index contributed by atoms with van der Waals surface area (Å²) in [7, 11) is 0. The fourth-order valence-electron chi connectivity index (χ4n) is 5.22. The first-order chi connectivity index (χ1) is 15.1. The van der Waals surface area contributed by atoms with Gasteiger partial charge in [0.25, 0.3) is 5.56 Å². The minimum Gasteiger partial charge on any atom is -0.376 e. The van der Waals surface area contributed by atoms with Gasteiger partial charge in [-0.15, -0.1) is 5.10 Å². The summed E-state index contributed by atoms with van der Waals surface area (Å²) in [6, 6.07) is 7.96. The molecule has 0 saturated carbocycles. The molecule has 0 bridgehead atoms. The number of nitrogens with zero attached hydrogens (tertiary/aromatic N) is 4. The highest BCUT2D eigenvalue weighted by atomic mass is 16.5. The van der Waals surface area contributed by atoms with Gasteiger partial charge >= 0.3 is 0 Å². The Balaban J connectivity index is 1.60. The summed E-state index contributed by atoms with van der Waals surface area (Å²) in [5.41, 5.74) is 2.72. The Morgan fingerprint density at radius 1 is 1.29 bits per heavy atom. The number of aromatic amines is 1. The number of ether oxygens (including phenoxy) is 1. The van der Waals surface area contributed by atoms with E-state index in [4.69, 9.17) is 4.74 Å². The van der Waals surface area contributed by atoms with Crippen molar-refractivity contribution in [2.75, 3.05) is 19.7 Å². The van der Waals surface area contributed by atoms with Crippen LogP contribution in [0.15, 0.2) is 29.1 Å². The number of H-pyrrole nitrogens is 1. The van der Waals surface area contributed by atoms with E-state index in [1.807, 2.05) is 22.9 Å². The van der Waals surface area contributed by atoms with Crippen molar-refractivity contribution in [2.45, 2.75) is 58.2 Å². The smallest absolute Gasteiger partial charge is 0.258 e. The van der Waals surface area contributed by atoms with Crippen molar-refractivity contribution in [3.63, 3.8) is 0 Å². The number of piperidine rings is 1. The van der Waals surface area contributed by atoms with Gasteiger partial charge in [-0.05, 0) is 66.6 Å². The highest BCUT2D eigenvalue weighted by Gasteiger charge is 2.37. The van der Waals surface area contributed by atoms with E-state index in [-0.39, 0.29) is 17.7 Å². The molecular weight excluding hydrogens is 392 g/mol. The Morgan fingerprint density at radius 2 is 2.19 bits per heavy atom. The molecule has 0 amide bonds. The van der Waals surface area contributed by atoms with Crippen LogP contribution < -0.4 is 10.5 Å². The van der Waals surface area contributed by atoms with Gasteiger partial charge in [-0.1, -0.05) is 18.6 Å². The van der Waals surface area contributed by atoms with Crippen LogP contribution in [0.2, 0.25) is 0 Å². The molecule has 2 aromatic heterocycles. The van der Waals surface area contributed by atoms with Gasteiger partial charge in [0.05, 0.1) is 31.3 Å². The number of rotatable bonds is 5. The van der Waals surface area contributed by atoms with Crippen LogP contribution in [0.5, 0.6) is 0 Å². The van der Waals surface area contributed by atoms with Gasteiger partial charge in [0.15, 0.2) is 6.04 Å². The summed E-state index contributed by atoms with van der Waals surface area (Å²) in [4.78, 5) is 17.7. The summed E-state index contributed by atoms with van der Waals surface area (Å²) >= 11 is 0. The van der Waals surface area contributed by atoms with Crippen LogP contribution >= 0.6 is 0 Å². The lowest BCUT2D eigenvalue weighted by atomic mass is 9.95. The molecule has 8 nitrogen and oxygen atoms in total. The number of quaternary nitrogens is 1. The van der Waals surface area contributed by atoms with Gasteiger partial charge in [0.2, 0.25) is 5.82 Å². The zero-order chi connectivity index (χ0) is 21.4. The SMILES string of the molecule is Cc1ccc2[nH]c(=O)c([C@H](c3nnnn3C[C@@H]3CCCO3)[NH+]3CCC[C@H](C)C3)cc2c1. The molecule has 0 radical (unpaired) electrons. The minimum atomic E-state index is -0.201. The summed E-state index contributed by atoms with van der Waals surface area (Å²) in [5.74, 6) is 1.37.